The maximum atomic E-state index is 6.52. The Morgan fingerprint density at radius 2 is 1.63 bits per heavy atom. The first-order valence-corrected chi connectivity index (χ1v) is 15.2. The van der Waals surface area contributed by atoms with Crippen LogP contribution in [0.1, 0.15) is 75.4 Å². The summed E-state index contributed by atoms with van der Waals surface area (Å²) in [6.45, 7) is 3.19. The predicted molar refractivity (Wildman–Crippen MR) is 159 cm³/mol. The van der Waals surface area contributed by atoms with E-state index >= 15 is 0 Å². The van der Waals surface area contributed by atoms with E-state index in [1.54, 1.807) is 0 Å². The Balaban J connectivity index is 1.03. The molecule has 3 atom stereocenters. The van der Waals surface area contributed by atoms with Gasteiger partial charge >= 0.3 is 0 Å². The number of ether oxygens (including phenoxy) is 1. The SMILES string of the molecule is CC1Oc2cc(-c3cnc(C4NC5CCC4CC5)[nH]3)ccc2-c2cc3cc(-c4cnc(C5CCCN5)[nH]4)ccc3n21. The highest BCUT2D eigenvalue weighted by Gasteiger charge is 2.37. The average molecular weight is 546 g/mol. The fraction of sp³-hybridized carbons (Fsp3) is 0.394. The van der Waals surface area contributed by atoms with Gasteiger partial charge in [-0.1, -0.05) is 12.1 Å². The van der Waals surface area contributed by atoms with Gasteiger partial charge in [-0.2, -0.15) is 0 Å². The Hall–Kier alpha value is -3.88. The quantitative estimate of drug-likeness (QED) is 0.203. The number of nitrogens with zero attached hydrogens (tertiary/aromatic N) is 3. The van der Waals surface area contributed by atoms with E-state index in [2.05, 4.69) is 79.5 Å². The van der Waals surface area contributed by atoms with Crippen molar-refractivity contribution in [3.8, 4) is 39.5 Å². The highest BCUT2D eigenvalue weighted by molar-refractivity contribution is 5.92. The lowest BCUT2D eigenvalue weighted by Crippen LogP contribution is -2.47. The third-order valence-corrected chi connectivity index (χ3v) is 9.91. The minimum absolute atomic E-state index is 0.109. The van der Waals surface area contributed by atoms with E-state index in [1.165, 1.54) is 48.7 Å². The number of aromatic amines is 2. The number of imidazole rings is 2. The maximum absolute atomic E-state index is 6.52. The third kappa shape index (κ3) is 3.81. The summed E-state index contributed by atoms with van der Waals surface area (Å²) in [5.74, 6) is 3.71. The molecule has 0 spiro atoms. The Labute approximate surface area is 238 Å². The molecule has 4 N–H and O–H groups in total. The largest absolute Gasteiger partial charge is 0.470 e. The molecule has 10 rings (SSSR count). The lowest BCUT2D eigenvalue weighted by Gasteiger charge is -2.42. The van der Waals surface area contributed by atoms with Crippen LogP contribution in [0.25, 0.3) is 44.7 Å². The molecule has 5 aromatic rings. The van der Waals surface area contributed by atoms with Gasteiger partial charge in [0.25, 0.3) is 0 Å². The number of hydrogen-bond donors (Lipinski definition) is 4. The van der Waals surface area contributed by atoms with E-state index in [-0.39, 0.29) is 6.23 Å². The van der Waals surface area contributed by atoms with Gasteiger partial charge in [-0.15, -0.1) is 0 Å². The monoisotopic (exact) mass is 545 g/mol. The molecule has 3 saturated heterocycles. The Bertz CT molecular complexity index is 1770. The Morgan fingerprint density at radius 3 is 2.41 bits per heavy atom. The smallest absolute Gasteiger partial charge is 0.173 e. The maximum Gasteiger partial charge on any atom is 0.173 e. The fourth-order valence-corrected chi connectivity index (χ4v) is 7.77. The molecule has 4 fully saturated rings. The van der Waals surface area contributed by atoms with Crippen LogP contribution in [0.15, 0.2) is 54.9 Å². The molecule has 1 aliphatic carbocycles. The van der Waals surface area contributed by atoms with Gasteiger partial charge in [0.15, 0.2) is 6.23 Å². The number of hydrogen-bond acceptors (Lipinski definition) is 5. The number of piperidine rings is 2. The highest BCUT2D eigenvalue weighted by Crippen LogP contribution is 2.45. The minimum atomic E-state index is -0.109. The fourth-order valence-electron chi connectivity index (χ4n) is 7.77. The predicted octanol–water partition coefficient (Wildman–Crippen LogP) is 6.63. The van der Waals surface area contributed by atoms with Gasteiger partial charge in [0.1, 0.15) is 17.4 Å². The number of benzene rings is 2. The lowest BCUT2D eigenvalue weighted by molar-refractivity contribution is 0.144. The van der Waals surface area contributed by atoms with Crippen LogP contribution in [0.4, 0.5) is 0 Å². The molecule has 4 aliphatic heterocycles. The minimum Gasteiger partial charge on any atom is -0.470 e. The highest BCUT2D eigenvalue weighted by atomic mass is 16.5. The number of rotatable bonds is 4. The average Bonchev–Trinajstić information content (AvgIpc) is 3.83. The van der Waals surface area contributed by atoms with Crippen LogP contribution >= 0.6 is 0 Å². The number of H-pyrrole nitrogens is 2. The van der Waals surface area contributed by atoms with Gasteiger partial charge in [-0.3, -0.25) is 0 Å². The second-order valence-electron chi connectivity index (χ2n) is 12.4. The first-order valence-electron chi connectivity index (χ1n) is 15.2. The molecule has 3 aromatic heterocycles. The van der Waals surface area contributed by atoms with Gasteiger partial charge in [0.2, 0.25) is 0 Å². The van der Waals surface area contributed by atoms with Gasteiger partial charge in [0.05, 0.1) is 47.1 Å². The van der Waals surface area contributed by atoms with Crippen LogP contribution in [0, 0.1) is 5.92 Å². The molecule has 5 aliphatic rings. The number of fused-ring (bicyclic) bond motifs is 8. The van der Waals surface area contributed by atoms with E-state index in [9.17, 15) is 0 Å². The second kappa shape index (κ2) is 9.06. The van der Waals surface area contributed by atoms with Crippen molar-refractivity contribution in [3.63, 3.8) is 0 Å². The van der Waals surface area contributed by atoms with Crippen LogP contribution < -0.4 is 15.4 Å². The Kier molecular flexibility index (Phi) is 5.26. The standard InChI is InChI=1S/C33H35N7O/c1-18-40-28-11-7-20(26-16-35-32(38-26)25-3-2-12-34-25)13-22(28)14-29(40)24-10-6-21(15-30(24)41-18)27-17-36-33(39-27)31-19-4-8-23(37-31)9-5-19/h6-7,10-11,13-19,23,25,31,34,37H,2-5,8-9,12H2,1H3,(H,35,38)(H,36,39). The molecular weight excluding hydrogens is 510 g/mol. The van der Waals surface area contributed by atoms with E-state index < -0.39 is 0 Å². The molecule has 1 saturated carbocycles. The van der Waals surface area contributed by atoms with E-state index in [4.69, 9.17) is 9.72 Å². The molecule has 8 heteroatoms. The summed E-state index contributed by atoms with van der Waals surface area (Å²) < 4.78 is 8.82. The summed E-state index contributed by atoms with van der Waals surface area (Å²) in [7, 11) is 0. The van der Waals surface area contributed by atoms with Crippen LogP contribution in [-0.4, -0.2) is 37.1 Å². The van der Waals surface area contributed by atoms with Crippen molar-refractivity contribution in [2.24, 2.45) is 5.92 Å². The normalized spacial score (nSPS) is 26.7. The summed E-state index contributed by atoms with van der Waals surface area (Å²) in [6, 6.07) is 16.8. The van der Waals surface area contributed by atoms with E-state index in [1.807, 2.05) is 12.4 Å². The van der Waals surface area contributed by atoms with Crippen molar-refractivity contribution in [1.29, 1.82) is 0 Å². The summed E-state index contributed by atoms with van der Waals surface area (Å²) >= 11 is 0. The molecular formula is C33H35N7O. The number of aromatic nitrogens is 5. The first kappa shape index (κ1) is 23.8. The molecule has 7 heterocycles. The zero-order valence-electron chi connectivity index (χ0n) is 23.3. The first-order chi connectivity index (χ1) is 20.2. The van der Waals surface area contributed by atoms with Gasteiger partial charge in [-0.05, 0) is 88.2 Å². The molecule has 2 bridgehead atoms. The Morgan fingerprint density at radius 1 is 0.854 bits per heavy atom. The van der Waals surface area contributed by atoms with Crippen LogP contribution in [0.3, 0.4) is 0 Å². The molecule has 0 radical (unpaired) electrons. The van der Waals surface area contributed by atoms with Gasteiger partial charge in [0, 0.05) is 28.1 Å². The van der Waals surface area contributed by atoms with Crippen LogP contribution in [0.5, 0.6) is 5.75 Å². The number of nitrogens with one attached hydrogen (secondary N) is 4. The van der Waals surface area contributed by atoms with Gasteiger partial charge in [-0.25, -0.2) is 9.97 Å². The van der Waals surface area contributed by atoms with Crippen molar-refractivity contribution in [2.75, 3.05) is 6.54 Å². The van der Waals surface area contributed by atoms with Gasteiger partial charge < -0.3 is 29.9 Å². The van der Waals surface area contributed by atoms with E-state index in [0.717, 1.165) is 58.4 Å². The molecule has 3 unspecified atom stereocenters. The lowest BCUT2D eigenvalue weighted by atomic mass is 9.76. The molecule has 208 valence electrons. The molecule has 41 heavy (non-hydrogen) atoms. The van der Waals surface area contributed by atoms with Crippen molar-refractivity contribution >= 4 is 10.9 Å². The van der Waals surface area contributed by atoms with Crippen molar-refractivity contribution < 1.29 is 4.74 Å². The second-order valence-corrected chi connectivity index (χ2v) is 12.4. The van der Waals surface area contributed by atoms with Crippen LogP contribution in [0.2, 0.25) is 0 Å². The van der Waals surface area contributed by atoms with E-state index in [0.29, 0.717) is 24.0 Å². The zero-order valence-corrected chi connectivity index (χ0v) is 23.3. The van der Waals surface area contributed by atoms with Crippen molar-refractivity contribution in [1.82, 2.24) is 35.1 Å². The summed E-state index contributed by atoms with van der Waals surface area (Å²) in [5.41, 5.74) is 7.84. The van der Waals surface area contributed by atoms with Crippen molar-refractivity contribution in [3.05, 3.63) is 66.5 Å². The van der Waals surface area contributed by atoms with Crippen molar-refractivity contribution in [2.45, 2.75) is 69.8 Å². The molecule has 0 amide bonds. The summed E-state index contributed by atoms with van der Waals surface area (Å²) in [5, 5.41) is 8.54. The van der Waals surface area contributed by atoms with Crippen LogP contribution in [-0.2, 0) is 0 Å². The summed E-state index contributed by atoms with van der Waals surface area (Å²) in [4.78, 5) is 16.7. The topological polar surface area (TPSA) is 95.6 Å². The third-order valence-electron chi connectivity index (χ3n) is 9.91. The zero-order chi connectivity index (χ0) is 27.1. The molecule has 8 nitrogen and oxygen atoms in total. The molecule has 2 aromatic carbocycles. The summed E-state index contributed by atoms with van der Waals surface area (Å²) in [6.07, 6.45) is 11.4.